The summed E-state index contributed by atoms with van der Waals surface area (Å²) in [5, 5.41) is 2.30. The van der Waals surface area contributed by atoms with Crippen molar-refractivity contribution in [3.8, 4) is 0 Å². The highest BCUT2D eigenvalue weighted by Gasteiger charge is 2.48. The summed E-state index contributed by atoms with van der Waals surface area (Å²) in [6, 6.07) is 24.1. The van der Waals surface area contributed by atoms with Crippen LogP contribution >= 0.6 is 0 Å². The number of carbonyl (C=O) groups is 2. The molecule has 1 fully saturated rings. The van der Waals surface area contributed by atoms with Gasteiger partial charge in [-0.15, -0.1) is 0 Å². The number of piperazine rings is 1. The van der Waals surface area contributed by atoms with Gasteiger partial charge < -0.3 is 19.8 Å². The van der Waals surface area contributed by atoms with Gasteiger partial charge in [-0.1, -0.05) is 74.5 Å². The molecule has 2 aliphatic rings. The van der Waals surface area contributed by atoms with Gasteiger partial charge in [-0.25, -0.2) is 0 Å². The summed E-state index contributed by atoms with van der Waals surface area (Å²) < 4.78 is 0. The number of H-pyrrole nitrogens is 2. The summed E-state index contributed by atoms with van der Waals surface area (Å²) in [5.41, 5.74) is 7.76. The van der Waals surface area contributed by atoms with Gasteiger partial charge in [0, 0.05) is 46.7 Å². The van der Waals surface area contributed by atoms with Crippen molar-refractivity contribution < 1.29 is 9.59 Å². The number of hydrogen-bond acceptors (Lipinski definition) is 2. The molecule has 7 rings (SSSR count). The van der Waals surface area contributed by atoms with Crippen molar-refractivity contribution in [3.63, 3.8) is 0 Å². The van der Waals surface area contributed by atoms with Crippen LogP contribution in [0.4, 0.5) is 0 Å². The normalized spacial score (nSPS) is 19.3. The van der Waals surface area contributed by atoms with E-state index in [1.165, 1.54) is 16.5 Å². The third kappa shape index (κ3) is 3.85. The topological polar surface area (TPSA) is 72.2 Å². The summed E-state index contributed by atoms with van der Waals surface area (Å²) in [7, 11) is 0. The first-order valence-corrected chi connectivity index (χ1v) is 13.8. The van der Waals surface area contributed by atoms with Crippen LogP contribution in [0.3, 0.4) is 0 Å². The molecule has 4 heterocycles. The lowest BCUT2D eigenvalue weighted by atomic mass is 9.85. The Kier molecular flexibility index (Phi) is 5.58. The fraction of sp³-hybridized carbons (Fsp3) is 0.273. The van der Waals surface area contributed by atoms with Crippen molar-refractivity contribution in [2.24, 2.45) is 0 Å². The quantitative estimate of drug-likeness (QED) is 0.315. The number of para-hydroxylation sites is 2. The Morgan fingerprint density at radius 3 is 2.38 bits per heavy atom. The lowest BCUT2D eigenvalue weighted by molar-refractivity contribution is -0.158. The van der Waals surface area contributed by atoms with E-state index in [2.05, 4.69) is 72.3 Å². The molecular formula is C33H32N4O2. The lowest BCUT2D eigenvalue weighted by Crippen LogP contribution is -2.63. The number of amides is 2. The molecule has 2 aliphatic heterocycles. The Morgan fingerprint density at radius 1 is 0.897 bits per heavy atom. The smallest absolute Gasteiger partial charge is 0.246 e. The molecule has 0 aliphatic carbocycles. The summed E-state index contributed by atoms with van der Waals surface area (Å²) in [6.45, 7) is 4.98. The van der Waals surface area contributed by atoms with Gasteiger partial charge in [-0.05, 0) is 46.7 Å². The second-order valence-electron chi connectivity index (χ2n) is 11.2. The summed E-state index contributed by atoms with van der Waals surface area (Å²) >= 11 is 0. The first-order chi connectivity index (χ1) is 19.0. The van der Waals surface area contributed by atoms with E-state index in [1.54, 1.807) is 4.90 Å². The third-order valence-corrected chi connectivity index (χ3v) is 8.59. The van der Waals surface area contributed by atoms with Crippen LogP contribution in [0.5, 0.6) is 0 Å². The third-order valence-electron chi connectivity index (χ3n) is 8.59. The standard InChI is InChI=1S/C33H32N4O2/c1-20(2)21-11-13-22(14-12-21)32-31-26(25-8-4-6-10-28(25)35-31)17-29-33(39)36(19-30(38)37(29)32)16-15-23-18-34-27-9-5-3-7-24(23)27/h3-14,18,20,29,32,34-35H,15-17,19H2,1-2H3/t29-,32?/m1/s1. The zero-order valence-corrected chi connectivity index (χ0v) is 22.3. The van der Waals surface area contributed by atoms with Crippen molar-refractivity contribution in [2.45, 2.75) is 44.7 Å². The number of nitrogens with zero attached hydrogens (tertiary/aromatic N) is 2. The lowest BCUT2D eigenvalue weighted by Gasteiger charge is -2.47. The number of nitrogens with one attached hydrogen (secondary N) is 2. The van der Waals surface area contributed by atoms with E-state index < -0.39 is 6.04 Å². The number of rotatable bonds is 5. The Balaban J connectivity index is 1.25. The first kappa shape index (κ1) is 23.8. The van der Waals surface area contributed by atoms with Gasteiger partial charge in [0.25, 0.3) is 0 Å². The zero-order chi connectivity index (χ0) is 26.7. The Labute approximate surface area is 227 Å². The van der Waals surface area contributed by atoms with Gasteiger partial charge in [0.2, 0.25) is 11.8 Å². The van der Waals surface area contributed by atoms with Crippen LogP contribution in [0.15, 0.2) is 79.0 Å². The molecule has 1 saturated heterocycles. The van der Waals surface area contributed by atoms with Crippen LogP contribution in [-0.4, -0.2) is 50.7 Å². The number of hydrogen-bond donors (Lipinski definition) is 2. The van der Waals surface area contributed by atoms with Crippen LogP contribution in [0.2, 0.25) is 0 Å². The fourth-order valence-electron chi connectivity index (χ4n) is 6.52. The van der Waals surface area contributed by atoms with Crippen molar-refractivity contribution in [3.05, 3.63) is 107 Å². The van der Waals surface area contributed by atoms with E-state index >= 15 is 0 Å². The van der Waals surface area contributed by atoms with E-state index in [0.717, 1.165) is 33.2 Å². The maximum atomic E-state index is 14.0. The van der Waals surface area contributed by atoms with Gasteiger partial charge >= 0.3 is 0 Å². The monoisotopic (exact) mass is 516 g/mol. The Hall–Kier alpha value is -4.32. The van der Waals surface area contributed by atoms with Gasteiger partial charge in [-0.3, -0.25) is 9.59 Å². The SMILES string of the molecule is CC(C)c1ccc(C2c3[nH]c4ccccc4c3C[C@@H]3C(=O)N(CCc4c[nH]c5ccccc45)CC(=O)N23)cc1. The number of aromatic amines is 2. The van der Waals surface area contributed by atoms with Gasteiger partial charge in [-0.2, -0.15) is 0 Å². The van der Waals surface area contributed by atoms with Crippen LogP contribution in [0, 0.1) is 0 Å². The fourth-order valence-corrected chi connectivity index (χ4v) is 6.52. The number of aromatic nitrogens is 2. The minimum Gasteiger partial charge on any atom is -0.361 e. The van der Waals surface area contributed by atoms with Crippen molar-refractivity contribution in [1.29, 1.82) is 0 Å². The minimum absolute atomic E-state index is 0.000712. The summed E-state index contributed by atoms with van der Waals surface area (Å²) in [6.07, 6.45) is 3.24. The van der Waals surface area contributed by atoms with Crippen molar-refractivity contribution >= 4 is 33.6 Å². The highest BCUT2D eigenvalue weighted by Crippen LogP contribution is 2.42. The highest BCUT2D eigenvalue weighted by atomic mass is 16.2. The van der Waals surface area contributed by atoms with Gasteiger partial charge in [0.15, 0.2) is 0 Å². The average Bonchev–Trinajstić information content (AvgIpc) is 3.54. The van der Waals surface area contributed by atoms with Gasteiger partial charge in [0.1, 0.15) is 6.04 Å². The molecule has 196 valence electrons. The number of carbonyl (C=O) groups excluding carboxylic acids is 2. The molecule has 2 atom stereocenters. The molecule has 5 aromatic rings. The van der Waals surface area contributed by atoms with Crippen LogP contribution < -0.4 is 0 Å². The Bertz CT molecular complexity index is 1710. The minimum atomic E-state index is -0.518. The molecule has 6 nitrogen and oxygen atoms in total. The molecule has 0 radical (unpaired) electrons. The maximum absolute atomic E-state index is 14.0. The average molecular weight is 517 g/mol. The predicted molar refractivity (Wildman–Crippen MR) is 154 cm³/mol. The van der Waals surface area contributed by atoms with Crippen LogP contribution in [0.25, 0.3) is 21.8 Å². The molecular weight excluding hydrogens is 484 g/mol. The molecule has 0 saturated carbocycles. The molecule has 2 amide bonds. The molecule has 2 N–H and O–H groups in total. The van der Waals surface area contributed by atoms with E-state index in [9.17, 15) is 9.59 Å². The molecule has 6 heteroatoms. The predicted octanol–water partition coefficient (Wildman–Crippen LogP) is 5.70. The molecule has 1 unspecified atom stereocenters. The second kappa shape index (κ2) is 9.16. The largest absolute Gasteiger partial charge is 0.361 e. The van der Waals surface area contributed by atoms with Crippen LogP contribution in [0.1, 0.15) is 53.8 Å². The second-order valence-corrected chi connectivity index (χ2v) is 11.2. The zero-order valence-electron chi connectivity index (χ0n) is 22.3. The molecule has 2 aromatic heterocycles. The van der Waals surface area contributed by atoms with Crippen molar-refractivity contribution in [2.75, 3.05) is 13.1 Å². The van der Waals surface area contributed by atoms with E-state index in [0.29, 0.717) is 25.3 Å². The van der Waals surface area contributed by atoms with E-state index in [1.807, 2.05) is 35.4 Å². The summed E-state index contributed by atoms with van der Waals surface area (Å²) in [5.74, 6) is 0.459. The highest BCUT2D eigenvalue weighted by molar-refractivity contribution is 5.97. The number of benzene rings is 3. The molecule has 39 heavy (non-hydrogen) atoms. The molecule has 0 spiro atoms. The van der Waals surface area contributed by atoms with E-state index in [-0.39, 0.29) is 24.4 Å². The molecule has 0 bridgehead atoms. The maximum Gasteiger partial charge on any atom is 0.246 e. The summed E-state index contributed by atoms with van der Waals surface area (Å²) in [4.78, 5) is 38.4. The Morgan fingerprint density at radius 2 is 1.62 bits per heavy atom. The molecule has 3 aromatic carbocycles. The number of fused-ring (bicyclic) bond motifs is 5. The first-order valence-electron chi connectivity index (χ1n) is 13.8. The van der Waals surface area contributed by atoms with Crippen LogP contribution in [-0.2, 0) is 22.4 Å². The van der Waals surface area contributed by atoms with Gasteiger partial charge in [0.05, 0.1) is 12.6 Å². The van der Waals surface area contributed by atoms with Crippen molar-refractivity contribution in [1.82, 2.24) is 19.8 Å². The van der Waals surface area contributed by atoms with E-state index in [4.69, 9.17) is 0 Å².